The molecule has 0 aliphatic rings. The zero-order valence-corrected chi connectivity index (χ0v) is 3.80. The van der Waals surface area contributed by atoms with Crippen LogP contribution in [0.1, 0.15) is 6.92 Å². The van der Waals surface area contributed by atoms with Gasteiger partial charge in [0.25, 0.3) is 0 Å². The maximum Gasteiger partial charge on any atom is 0.149 e. The summed E-state index contributed by atoms with van der Waals surface area (Å²) in [7, 11) is 0. The van der Waals surface area contributed by atoms with E-state index in [4.69, 9.17) is 0 Å². The first kappa shape index (κ1) is 5.02. The molecule has 0 unspecified atom stereocenters. The molecule has 0 nitrogen and oxygen atoms in total. The lowest BCUT2D eigenvalue weighted by Crippen LogP contribution is -1.41. The van der Waals surface area contributed by atoms with Crippen LogP contribution in [-0.4, -0.2) is 0 Å². The van der Waals surface area contributed by atoms with Crippen molar-refractivity contribution in [1.82, 2.24) is 0 Å². The molecule has 0 aliphatic carbocycles. The third kappa shape index (κ3) is 4.02. The number of halogens is 1. The van der Waals surface area contributed by atoms with Crippen LogP contribution < -0.4 is 0 Å². The van der Waals surface area contributed by atoms with E-state index >= 15 is 0 Å². The molecule has 0 heterocycles. The van der Waals surface area contributed by atoms with Crippen LogP contribution in [0.15, 0.2) is 11.2 Å². The summed E-state index contributed by atoms with van der Waals surface area (Å²) in [5.74, 6) is 0. The van der Waals surface area contributed by atoms with E-state index in [9.17, 15) is 4.39 Å². The van der Waals surface area contributed by atoms with Gasteiger partial charge >= 0.3 is 0 Å². The topological polar surface area (TPSA) is 0 Å². The van der Waals surface area contributed by atoms with Crippen LogP contribution in [-0.2, 0) is 0 Å². The molecule has 0 bridgehead atoms. The standard InChI is InChI=1S/C3H5FS/c1-2-3(4)5/h2,5H,1H3/b3-2-. The van der Waals surface area contributed by atoms with Crippen molar-refractivity contribution in [1.29, 1.82) is 0 Å². The molecule has 5 heavy (non-hydrogen) atoms. The Balaban J connectivity index is 3.14. The molecule has 0 aromatic carbocycles. The fraction of sp³-hybridized carbons (Fsp3) is 0.333. The molecular weight excluding hydrogens is 87.1 g/mol. The van der Waals surface area contributed by atoms with Gasteiger partial charge in [0.15, 0.2) is 0 Å². The van der Waals surface area contributed by atoms with Gasteiger partial charge in [-0.15, -0.1) is 12.6 Å². The fourth-order valence-corrected chi connectivity index (χ4v) is 0. The van der Waals surface area contributed by atoms with Crippen LogP contribution in [0.2, 0.25) is 0 Å². The molecule has 2 heteroatoms. The van der Waals surface area contributed by atoms with E-state index in [0.717, 1.165) is 0 Å². The second-order valence-corrected chi connectivity index (χ2v) is 1.04. The van der Waals surface area contributed by atoms with Crippen molar-refractivity contribution in [3.05, 3.63) is 11.2 Å². The summed E-state index contributed by atoms with van der Waals surface area (Å²) < 4.78 is 11.2. The number of hydrogen-bond donors (Lipinski definition) is 1. The maximum absolute atomic E-state index is 11.2. The predicted octanol–water partition coefficient (Wildman–Crippen LogP) is 1.75. The number of hydrogen-bond acceptors (Lipinski definition) is 1. The predicted molar refractivity (Wildman–Crippen MR) is 23.9 cm³/mol. The molecule has 0 amide bonds. The van der Waals surface area contributed by atoms with E-state index < -0.39 is 5.16 Å². The molecule has 0 aliphatic heterocycles. The summed E-state index contributed by atoms with van der Waals surface area (Å²) in [5, 5.41) is -0.426. The highest BCUT2D eigenvalue weighted by Gasteiger charge is 1.68. The Hall–Kier alpha value is 0.0200. The van der Waals surface area contributed by atoms with Crippen LogP contribution in [0.4, 0.5) is 4.39 Å². The summed E-state index contributed by atoms with van der Waals surface area (Å²) in [5.41, 5.74) is 0. The number of allylic oxidation sites excluding steroid dienone is 1. The Morgan fingerprint density at radius 1 is 2.00 bits per heavy atom. The first-order chi connectivity index (χ1) is 2.27. The van der Waals surface area contributed by atoms with Crippen LogP contribution in [0, 0.1) is 0 Å². The van der Waals surface area contributed by atoms with Crippen molar-refractivity contribution in [2.24, 2.45) is 0 Å². The lowest BCUT2D eigenvalue weighted by Gasteiger charge is -1.67. The largest absolute Gasteiger partial charge is 0.200 e. The van der Waals surface area contributed by atoms with Gasteiger partial charge in [-0.05, 0) is 13.0 Å². The quantitative estimate of drug-likeness (QED) is 0.432. The van der Waals surface area contributed by atoms with Crippen molar-refractivity contribution in [2.75, 3.05) is 0 Å². The van der Waals surface area contributed by atoms with E-state index in [1.165, 1.54) is 6.08 Å². The molecule has 30 valence electrons. The summed E-state index contributed by atoms with van der Waals surface area (Å²) in [6.45, 7) is 1.59. The van der Waals surface area contributed by atoms with Gasteiger partial charge in [-0.25, -0.2) is 4.39 Å². The van der Waals surface area contributed by atoms with E-state index in [1.54, 1.807) is 6.92 Å². The molecule has 0 saturated heterocycles. The van der Waals surface area contributed by atoms with Crippen LogP contribution in [0.5, 0.6) is 0 Å². The van der Waals surface area contributed by atoms with E-state index in [-0.39, 0.29) is 0 Å². The Labute approximate surface area is 36.1 Å². The number of thiol groups is 1. The van der Waals surface area contributed by atoms with E-state index in [2.05, 4.69) is 12.6 Å². The first-order valence-electron chi connectivity index (χ1n) is 1.28. The second-order valence-electron chi connectivity index (χ2n) is 0.611. The molecule has 0 spiro atoms. The Morgan fingerprint density at radius 2 is 2.20 bits per heavy atom. The molecular formula is C3H5FS. The van der Waals surface area contributed by atoms with Crippen molar-refractivity contribution in [3.63, 3.8) is 0 Å². The molecule has 0 fully saturated rings. The highest BCUT2D eigenvalue weighted by Crippen LogP contribution is 1.96. The maximum atomic E-state index is 11.2. The van der Waals surface area contributed by atoms with Gasteiger partial charge in [0, 0.05) is 0 Å². The molecule has 0 aromatic rings. The highest BCUT2D eigenvalue weighted by molar-refractivity contribution is 7.84. The minimum absolute atomic E-state index is 0.426. The lowest BCUT2D eigenvalue weighted by molar-refractivity contribution is 0.700. The summed E-state index contributed by atoms with van der Waals surface area (Å²) in [6, 6.07) is 0. The zero-order valence-electron chi connectivity index (χ0n) is 2.90. The summed E-state index contributed by atoms with van der Waals surface area (Å²) in [4.78, 5) is 0. The Morgan fingerprint density at radius 3 is 2.20 bits per heavy atom. The van der Waals surface area contributed by atoms with E-state index in [1.807, 2.05) is 0 Å². The van der Waals surface area contributed by atoms with E-state index in [0.29, 0.717) is 0 Å². The third-order valence-corrected chi connectivity index (χ3v) is 0.496. The average molecular weight is 92.1 g/mol. The Bertz CT molecular complexity index is 44.9. The number of rotatable bonds is 0. The van der Waals surface area contributed by atoms with Gasteiger partial charge in [0.1, 0.15) is 5.16 Å². The van der Waals surface area contributed by atoms with Crippen molar-refractivity contribution in [2.45, 2.75) is 6.92 Å². The lowest BCUT2D eigenvalue weighted by atomic mass is 10.8. The molecule has 0 rings (SSSR count). The van der Waals surface area contributed by atoms with Crippen molar-refractivity contribution >= 4 is 12.6 Å². The molecule has 0 N–H and O–H groups in total. The molecule has 0 aromatic heterocycles. The SMILES string of the molecule is C/C=C(/F)S. The smallest absolute Gasteiger partial charge is 0.149 e. The highest BCUT2D eigenvalue weighted by atomic mass is 32.1. The summed E-state index contributed by atoms with van der Waals surface area (Å²) >= 11 is 3.29. The van der Waals surface area contributed by atoms with Gasteiger partial charge in [-0.3, -0.25) is 0 Å². The van der Waals surface area contributed by atoms with Gasteiger partial charge in [-0.1, -0.05) is 0 Å². The van der Waals surface area contributed by atoms with Gasteiger partial charge in [-0.2, -0.15) is 0 Å². The van der Waals surface area contributed by atoms with Crippen molar-refractivity contribution in [3.8, 4) is 0 Å². The first-order valence-corrected chi connectivity index (χ1v) is 1.73. The zero-order chi connectivity index (χ0) is 4.28. The normalized spacial score (nSPS) is 12.2. The minimum Gasteiger partial charge on any atom is -0.200 e. The summed E-state index contributed by atoms with van der Waals surface area (Å²) in [6.07, 6.45) is 1.28. The third-order valence-electron chi connectivity index (χ3n) is 0.238. The van der Waals surface area contributed by atoms with Crippen LogP contribution in [0.25, 0.3) is 0 Å². The van der Waals surface area contributed by atoms with Gasteiger partial charge in [0.05, 0.1) is 0 Å². The van der Waals surface area contributed by atoms with Crippen LogP contribution >= 0.6 is 12.6 Å². The molecule has 0 atom stereocenters. The monoisotopic (exact) mass is 92.0 g/mol. The average Bonchev–Trinajstić information content (AvgIpc) is 1.38. The molecule has 0 radical (unpaired) electrons. The van der Waals surface area contributed by atoms with Crippen molar-refractivity contribution < 1.29 is 4.39 Å². The Kier molecular flexibility index (Phi) is 2.28. The molecule has 0 saturated carbocycles. The van der Waals surface area contributed by atoms with Gasteiger partial charge in [0.2, 0.25) is 0 Å². The minimum atomic E-state index is -0.426. The second kappa shape index (κ2) is 2.27. The fourth-order valence-electron chi connectivity index (χ4n) is 0. The van der Waals surface area contributed by atoms with Gasteiger partial charge < -0.3 is 0 Å². The van der Waals surface area contributed by atoms with Crippen LogP contribution in [0.3, 0.4) is 0 Å².